The Kier molecular flexibility index (Phi) is 5.80. The fraction of sp³-hybridized carbons (Fsp3) is 0.308. The van der Waals surface area contributed by atoms with Crippen LogP contribution in [0.2, 0.25) is 0 Å². The SMILES string of the molecule is C=CCSc1ccccc1NC(=O)C(C)OC. The number of para-hydroxylation sites is 1. The topological polar surface area (TPSA) is 38.3 Å². The standard InChI is InChI=1S/C13H17NO2S/c1-4-9-17-12-8-6-5-7-11(12)14-13(15)10(2)16-3/h4-8,10H,1,9H2,2-3H3,(H,14,15). The molecule has 1 atom stereocenters. The monoisotopic (exact) mass is 251 g/mol. The van der Waals surface area contributed by atoms with E-state index >= 15 is 0 Å². The van der Waals surface area contributed by atoms with Gasteiger partial charge in [-0.05, 0) is 19.1 Å². The summed E-state index contributed by atoms with van der Waals surface area (Å²) >= 11 is 1.63. The molecule has 1 aromatic rings. The predicted octanol–water partition coefficient (Wildman–Crippen LogP) is 2.94. The molecule has 17 heavy (non-hydrogen) atoms. The van der Waals surface area contributed by atoms with Crippen molar-refractivity contribution in [1.82, 2.24) is 0 Å². The van der Waals surface area contributed by atoms with Gasteiger partial charge in [0.05, 0.1) is 5.69 Å². The second kappa shape index (κ2) is 7.14. The molecular weight excluding hydrogens is 234 g/mol. The molecule has 0 spiro atoms. The Morgan fingerprint density at radius 2 is 2.29 bits per heavy atom. The number of amides is 1. The van der Waals surface area contributed by atoms with Crippen LogP contribution in [0.15, 0.2) is 41.8 Å². The number of ether oxygens (including phenoxy) is 1. The molecule has 0 aliphatic carbocycles. The quantitative estimate of drug-likeness (QED) is 0.624. The molecule has 0 bridgehead atoms. The molecule has 0 saturated heterocycles. The fourth-order valence-electron chi connectivity index (χ4n) is 1.19. The first-order valence-corrected chi connectivity index (χ1v) is 6.34. The summed E-state index contributed by atoms with van der Waals surface area (Å²) in [4.78, 5) is 12.7. The lowest BCUT2D eigenvalue weighted by Gasteiger charge is -2.13. The van der Waals surface area contributed by atoms with Gasteiger partial charge in [0.15, 0.2) is 0 Å². The maximum absolute atomic E-state index is 11.7. The zero-order chi connectivity index (χ0) is 12.7. The molecule has 0 fully saturated rings. The van der Waals surface area contributed by atoms with Crippen molar-refractivity contribution in [2.75, 3.05) is 18.2 Å². The fourth-order valence-corrected chi connectivity index (χ4v) is 1.93. The van der Waals surface area contributed by atoms with E-state index in [0.29, 0.717) is 0 Å². The van der Waals surface area contributed by atoms with Crippen molar-refractivity contribution in [2.24, 2.45) is 0 Å². The van der Waals surface area contributed by atoms with Crippen LogP contribution in [0.5, 0.6) is 0 Å². The van der Waals surface area contributed by atoms with Crippen molar-refractivity contribution in [3.05, 3.63) is 36.9 Å². The number of carbonyl (C=O) groups excluding carboxylic acids is 1. The van der Waals surface area contributed by atoms with E-state index in [4.69, 9.17) is 4.74 Å². The number of hydrogen-bond acceptors (Lipinski definition) is 3. The van der Waals surface area contributed by atoms with Crippen LogP contribution >= 0.6 is 11.8 Å². The van der Waals surface area contributed by atoms with Gasteiger partial charge in [-0.25, -0.2) is 0 Å². The summed E-state index contributed by atoms with van der Waals surface area (Å²) in [6.45, 7) is 5.40. The summed E-state index contributed by atoms with van der Waals surface area (Å²) in [5.74, 6) is 0.673. The van der Waals surface area contributed by atoms with Crippen LogP contribution in [-0.4, -0.2) is 24.9 Å². The van der Waals surface area contributed by atoms with Crippen LogP contribution in [-0.2, 0) is 9.53 Å². The van der Waals surface area contributed by atoms with Crippen molar-refractivity contribution in [3.63, 3.8) is 0 Å². The Labute approximate surface area is 106 Å². The minimum atomic E-state index is -0.451. The number of rotatable bonds is 6. The van der Waals surface area contributed by atoms with Crippen molar-refractivity contribution in [1.29, 1.82) is 0 Å². The molecule has 4 heteroatoms. The highest BCUT2D eigenvalue weighted by Gasteiger charge is 2.13. The molecule has 3 nitrogen and oxygen atoms in total. The number of thioether (sulfide) groups is 1. The number of methoxy groups -OCH3 is 1. The molecule has 0 aliphatic heterocycles. The lowest BCUT2D eigenvalue weighted by atomic mass is 10.3. The first kappa shape index (κ1) is 13.8. The van der Waals surface area contributed by atoms with E-state index in [0.717, 1.165) is 16.3 Å². The molecule has 0 heterocycles. The normalized spacial score (nSPS) is 11.9. The summed E-state index contributed by atoms with van der Waals surface area (Å²) in [6, 6.07) is 7.69. The van der Waals surface area contributed by atoms with Gasteiger partial charge in [-0.15, -0.1) is 18.3 Å². The molecule has 0 aliphatic rings. The highest BCUT2D eigenvalue weighted by molar-refractivity contribution is 7.99. The van der Waals surface area contributed by atoms with Gasteiger partial charge in [0.25, 0.3) is 5.91 Å². The Morgan fingerprint density at radius 1 is 1.59 bits per heavy atom. The number of anilines is 1. The van der Waals surface area contributed by atoms with Gasteiger partial charge < -0.3 is 10.1 Å². The van der Waals surface area contributed by atoms with Gasteiger partial charge in [0, 0.05) is 17.8 Å². The highest BCUT2D eigenvalue weighted by Crippen LogP contribution is 2.27. The Balaban J connectivity index is 2.75. The third kappa shape index (κ3) is 4.24. The maximum atomic E-state index is 11.7. The average molecular weight is 251 g/mol. The Bertz CT molecular complexity index is 393. The predicted molar refractivity (Wildman–Crippen MR) is 72.5 cm³/mol. The molecule has 92 valence electrons. The van der Waals surface area contributed by atoms with Crippen LogP contribution in [0.3, 0.4) is 0 Å². The molecular formula is C13H17NO2S. The summed E-state index contributed by atoms with van der Waals surface area (Å²) < 4.78 is 4.97. The first-order valence-electron chi connectivity index (χ1n) is 5.35. The minimum Gasteiger partial charge on any atom is -0.372 e. The highest BCUT2D eigenvalue weighted by atomic mass is 32.2. The van der Waals surface area contributed by atoms with Gasteiger partial charge in [-0.2, -0.15) is 0 Å². The molecule has 0 aromatic heterocycles. The third-order valence-electron chi connectivity index (χ3n) is 2.22. The minimum absolute atomic E-state index is 0.140. The van der Waals surface area contributed by atoms with Gasteiger partial charge in [-0.1, -0.05) is 18.2 Å². The van der Waals surface area contributed by atoms with Gasteiger partial charge in [0.2, 0.25) is 0 Å². The first-order chi connectivity index (χ1) is 8.19. The maximum Gasteiger partial charge on any atom is 0.253 e. The van der Waals surface area contributed by atoms with Crippen molar-refractivity contribution in [3.8, 4) is 0 Å². The van der Waals surface area contributed by atoms with Crippen LogP contribution in [0, 0.1) is 0 Å². The lowest BCUT2D eigenvalue weighted by Crippen LogP contribution is -2.26. The Morgan fingerprint density at radius 3 is 2.94 bits per heavy atom. The zero-order valence-corrected chi connectivity index (χ0v) is 10.9. The third-order valence-corrected chi connectivity index (χ3v) is 3.29. The van der Waals surface area contributed by atoms with Gasteiger partial charge in [0.1, 0.15) is 6.10 Å². The number of benzene rings is 1. The molecule has 1 amide bonds. The lowest BCUT2D eigenvalue weighted by molar-refractivity contribution is -0.124. The van der Waals surface area contributed by atoms with Gasteiger partial charge in [-0.3, -0.25) is 4.79 Å². The molecule has 1 N–H and O–H groups in total. The van der Waals surface area contributed by atoms with Crippen LogP contribution < -0.4 is 5.32 Å². The smallest absolute Gasteiger partial charge is 0.253 e. The van der Waals surface area contributed by atoms with E-state index in [1.807, 2.05) is 30.3 Å². The molecule has 1 unspecified atom stereocenters. The second-order valence-electron chi connectivity index (χ2n) is 3.46. The van der Waals surface area contributed by atoms with Crippen molar-refractivity contribution in [2.45, 2.75) is 17.9 Å². The number of carbonyl (C=O) groups is 1. The van der Waals surface area contributed by atoms with Crippen molar-refractivity contribution < 1.29 is 9.53 Å². The van der Waals surface area contributed by atoms with Crippen LogP contribution in [0.1, 0.15) is 6.92 Å². The number of hydrogen-bond donors (Lipinski definition) is 1. The summed E-state index contributed by atoms with van der Waals surface area (Å²) in [7, 11) is 1.52. The summed E-state index contributed by atoms with van der Waals surface area (Å²) in [5, 5.41) is 2.85. The largest absolute Gasteiger partial charge is 0.372 e. The molecule has 0 radical (unpaired) electrons. The molecule has 0 saturated carbocycles. The van der Waals surface area contributed by atoms with Crippen molar-refractivity contribution >= 4 is 23.4 Å². The van der Waals surface area contributed by atoms with Gasteiger partial charge >= 0.3 is 0 Å². The second-order valence-corrected chi connectivity index (χ2v) is 4.52. The average Bonchev–Trinajstić information content (AvgIpc) is 2.36. The van der Waals surface area contributed by atoms with E-state index in [2.05, 4.69) is 11.9 Å². The van der Waals surface area contributed by atoms with E-state index < -0.39 is 6.10 Å². The van der Waals surface area contributed by atoms with Crippen LogP contribution in [0.25, 0.3) is 0 Å². The van der Waals surface area contributed by atoms with E-state index in [1.54, 1.807) is 18.7 Å². The summed E-state index contributed by atoms with van der Waals surface area (Å²) in [6.07, 6.45) is 1.38. The van der Waals surface area contributed by atoms with E-state index in [9.17, 15) is 4.79 Å². The Hall–Kier alpha value is -1.26. The van der Waals surface area contributed by atoms with E-state index in [-0.39, 0.29) is 5.91 Å². The van der Waals surface area contributed by atoms with Crippen LogP contribution in [0.4, 0.5) is 5.69 Å². The zero-order valence-electron chi connectivity index (χ0n) is 10.1. The molecule has 1 rings (SSSR count). The summed E-state index contributed by atoms with van der Waals surface area (Å²) in [5.41, 5.74) is 0.813. The number of nitrogens with one attached hydrogen (secondary N) is 1. The van der Waals surface area contributed by atoms with E-state index in [1.165, 1.54) is 7.11 Å². The molecule has 1 aromatic carbocycles.